The summed E-state index contributed by atoms with van der Waals surface area (Å²) in [5.74, 6) is 0.0274. The Balaban J connectivity index is 2.08. The first-order chi connectivity index (χ1) is 14.0. The highest BCUT2D eigenvalue weighted by Crippen LogP contribution is 2.23. The van der Waals surface area contributed by atoms with Gasteiger partial charge in [-0.05, 0) is 36.3 Å². The number of methoxy groups -OCH3 is 1. The second-order valence-corrected chi connectivity index (χ2v) is 6.02. The van der Waals surface area contributed by atoms with Crippen LogP contribution < -0.4 is 10.1 Å². The summed E-state index contributed by atoms with van der Waals surface area (Å²) in [6.45, 7) is 1.11. The molecule has 0 saturated heterocycles. The van der Waals surface area contributed by atoms with Crippen LogP contribution in [-0.4, -0.2) is 31.1 Å². The average Bonchev–Trinajstić information content (AvgIpc) is 2.74. The van der Waals surface area contributed by atoms with E-state index in [1.807, 2.05) is 6.07 Å². The Morgan fingerprint density at radius 2 is 1.97 bits per heavy atom. The Morgan fingerprint density at radius 1 is 1.24 bits per heavy atom. The van der Waals surface area contributed by atoms with E-state index in [9.17, 15) is 20.2 Å². The number of para-hydroxylation sites is 1. The molecule has 2 aromatic carbocycles. The summed E-state index contributed by atoms with van der Waals surface area (Å²) in [6, 6.07) is 15.0. The van der Waals surface area contributed by atoms with Gasteiger partial charge in [0.15, 0.2) is 0 Å². The van der Waals surface area contributed by atoms with E-state index in [1.165, 1.54) is 18.2 Å². The lowest BCUT2D eigenvalue weighted by Gasteiger charge is -2.10. The van der Waals surface area contributed by atoms with Gasteiger partial charge in [0.05, 0.1) is 4.92 Å². The van der Waals surface area contributed by atoms with Crippen LogP contribution in [0, 0.1) is 21.4 Å². The smallest absolute Gasteiger partial charge is 0.269 e. The van der Waals surface area contributed by atoms with Crippen molar-refractivity contribution in [1.82, 2.24) is 5.32 Å². The topological polar surface area (TPSA) is 114 Å². The molecular formula is C21H21N3O5. The first-order valence-corrected chi connectivity index (χ1v) is 8.89. The van der Waals surface area contributed by atoms with Gasteiger partial charge in [-0.1, -0.05) is 18.2 Å². The molecule has 150 valence electrons. The number of non-ortho nitro benzene ring substituents is 1. The van der Waals surface area contributed by atoms with Crippen molar-refractivity contribution in [3.63, 3.8) is 0 Å². The van der Waals surface area contributed by atoms with E-state index in [2.05, 4.69) is 5.32 Å². The summed E-state index contributed by atoms with van der Waals surface area (Å²) >= 11 is 0. The van der Waals surface area contributed by atoms with Crippen molar-refractivity contribution in [3.05, 3.63) is 75.3 Å². The predicted octanol–water partition coefficient (Wildman–Crippen LogP) is 3.23. The minimum absolute atomic E-state index is 0.00672. The monoisotopic (exact) mass is 395 g/mol. The lowest BCUT2D eigenvalue weighted by atomic mass is 10.1. The van der Waals surface area contributed by atoms with Crippen LogP contribution in [0.1, 0.15) is 17.5 Å². The van der Waals surface area contributed by atoms with Gasteiger partial charge in [0.2, 0.25) is 0 Å². The summed E-state index contributed by atoms with van der Waals surface area (Å²) in [7, 11) is 1.58. The van der Waals surface area contributed by atoms with E-state index in [4.69, 9.17) is 9.47 Å². The molecule has 0 aliphatic heterocycles. The maximum atomic E-state index is 12.2. The zero-order chi connectivity index (χ0) is 21.1. The van der Waals surface area contributed by atoms with Gasteiger partial charge in [0.1, 0.15) is 24.0 Å². The Morgan fingerprint density at radius 3 is 2.62 bits per heavy atom. The summed E-state index contributed by atoms with van der Waals surface area (Å²) in [6.07, 6.45) is 2.12. The zero-order valence-corrected chi connectivity index (χ0v) is 16.0. The Hall–Kier alpha value is -3.70. The minimum Gasteiger partial charge on any atom is -0.488 e. The van der Waals surface area contributed by atoms with Gasteiger partial charge in [0.25, 0.3) is 11.6 Å². The fourth-order valence-electron chi connectivity index (χ4n) is 2.42. The summed E-state index contributed by atoms with van der Waals surface area (Å²) in [5.41, 5.74) is 1.31. The number of hydrogen-bond acceptors (Lipinski definition) is 6. The van der Waals surface area contributed by atoms with Crippen molar-refractivity contribution >= 4 is 17.7 Å². The molecule has 0 radical (unpaired) electrons. The lowest BCUT2D eigenvalue weighted by molar-refractivity contribution is -0.384. The maximum Gasteiger partial charge on any atom is 0.269 e. The molecule has 8 nitrogen and oxygen atoms in total. The molecule has 1 N–H and O–H groups in total. The second kappa shape index (κ2) is 11.2. The van der Waals surface area contributed by atoms with Crippen molar-refractivity contribution in [1.29, 1.82) is 5.26 Å². The minimum atomic E-state index is -0.464. The molecule has 0 spiro atoms. The van der Waals surface area contributed by atoms with Gasteiger partial charge in [0, 0.05) is 38.0 Å². The molecule has 8 heteroatoms. The number of nitrogens with zero attached hydrogens (tertiary/aromatic N) is 2. The van der Waals surface area contributed by atoms with Crippen molar-refractivity contribution in [2.75, 3.05) is 20.3 Å². The number of carbonyl (C=O) groups is 1. The zero-order valence-electron chi connectivity index (χ0n) is 16.0. The van der Waals surface area contributed by atoms with Crippen LogP contribution in [0.3, 0.4) is 0 Å². The first kappa shape index (κ1) is 21.6. The maximum absolute atomic E-state index is 12.2. The SMILES string of the molecule is COCCCNC(=O)/C(C#N)=C/c1ccccc1OCc1ccc([N+](=O)[O-])cc1. The number of nitriles is 1. The molecule has 29 heavy (non-hydrogen) atoms. The number of ether oxygens (including phenoxy) is 2. The molecule has 0 aliphatic rings. The van der Waals surface area contributed by atoms with Crippen LogP contribution in [0.15, 0.2) is 54.1 Å². The van der Waals surface area contributed by atoms with E-state index in [-0.39, 0.29) is 17.9 Å². The van der Waals surface area contributed by atoms with Gasteiger partial charge >= 0.3 is 0 Å². The third-order valence-electron chi connectivity index (χ3n) is 3.94. The molecule has 0 bridgehead atoms. The van der Waals surface area contributed by atoms with E-state index in [0.717, 1.165) is 5.56 Å². The number of rotatable bonds is 10. The number of carbonyl (C=O) groups excluding carboxylic acids is 1. The van der Waals surface area contributed by atoms with Crippen LogP contribution in [0.5, 0.6) is 5.75 Å². The summed E-state index contributed by atoms with van der Waals surface area (Å²) in [4.78, 5) is 22.4. The summed E-state index contributed by atoms with van der Waals surface area (Å²) < 4.78 is 10.7. The van der Waals surface area contributed by atoms with Gasteiger partial charge < -0.3 is 14.8 Å². The Bertz CT molecular complexity index is 917. The average molecular weight is 395 g/mol. The molecule has 0 saturated carbocycles. The van der Waals surface area contributed by atoms with Gasteiger partial charge in [-0.25, -0.2) is 0 Å². The molecule has 0 unspecified atom stereocenters. The fourth-order valence-corrected chi connectivity index (χ4v) is 2.42. The van der Waals surface area contributed by atoms with Gasteiger partial charge in [-0.3, -0.25) is 14.9 Å². The molecule has 0 fully saturated rings. The van der Waals surface area contributed by atoms with E-state index in [0.29, 0.717) is 30.9 Å². The number of amides is 1. The quantitative estimate of drug-likeness (QED) is 0.217. The lowest BCUT2D eigenvalue weighted by Crippen LogP contribution is -2.26. The molecule has 1 amide bonds. The summed E-state index contributed by atoms with van der Waals surface area (Å²) in [5, 5.41) is 22.7. The van der Waals surface area contributed by atoms with Crippen molar-refractivity contribution in [2.24, 2.45) is 0 Å². The van der Waals surface area contributed by atoms with Crippen LogP contribution in [0.4, 0.5) is 5.69 Å². The normalized spacial score (nSPS) is 10.8. The third-order valence-corrected chi connectivity index (χ3v) is 3.94. The van der Waals surface area contributed by atoms with Gasteiger partial charge in [-0.2, -0.15) is 5.26 Å². The number of benzene rings is 2. The fraction of sp³-hybridized carbons (Fsp3) is 0.238. The van der Waals surface area contributed by atoms with Crippen LogP contribution in [0.25, 0.3) is 6.08 Å². The van der Waals surface area contributed by atoms with E-state index >= 15 is 0 Å². The van der Waals surface area contributed by atoms with E-state index < -0.39 is 10.8 Å². The van der Waals surface area contributed by atoms with Crippen molar-refractivity contribution in [2.45, 2.75) is 13.0 Å². The highest BCUT2D eigenvalue weighted by molar-refractivity contribution is 6.01. The first-order valence-electron chi connectivity index (χ1n) is 8.89. The molecule has 0 atom stereocenters. The Kier molecular flexibility index (Phi) is 8.35. The number of hydrogen-bond donors (Lipinski definition) is 1. The molecule has 2 rings (SSSR count). The highest BCUT2D eigenvalue weighted by Gasteiger charge is 2.11. The Labute approximate surface area is 168 Å². The largest absolute Gasteiger partial charge is 0.488 e. The number of nitro groups is 1. The molecule has 0 aromatic heterocycles. The van der Waals surface area contributed by atoms with Crippen LogP contribution in [0.2, 0.25) is 0 Å². The predicted molar refractivity (Wildman–Crippen MR) is 107 cm³/mol. The van der Waals surface area contributed by atoms with Gasteiger partial charge in [-0.15, -0.1) is 0 Å². The number of nitrogens with one attached hydrogen (secondary N) is 1. The van der Waals surface area contributed by atoms with E-state index in [1.54, 1.807) is 43.5 Å². The highest BCUT2D eigenvalue weighted by atomic mass is 16.6. The van der Waals surface area contributed by atoms with Crippen LogP contribution >= 0.6 is 0 Å². The van der Waals surface area contributed by atoms with Crippen LogP contribution in [-0.2, 0) is 16.1 Å². The molecule has 2 aromatic rings. The molecular weight excluding hydrogens is 374 g/mol. The number of nitro benzene ring substituents is 1. The standard InChI is InChI=1S/C21H21N3O5/c1-28-12-4-11-23-21(25)18(14-22)13-17-5-2-3-6-20(17)29-15-16-7-9-19(10-8-16)24(26)27/h2-3,5-10,13H,4,11-12,15H2,1H3,(H,23,25)/b18-13+. The molecule has 0 heterocycles. The second-order valence-electron chi connectivity index (χ2n) is 6.02. The van der Waals surface area contributed by atoms with Crippen molar-refractivity contribution < 1.29 is 19.2 Å². The third kappa shape index (κ3) is 6.75. The molecule has 0 aliphatic carbocycles. The van der Waals surface area contributed by atoms with Crippen molar-refractivity contribution in [3.8, 4) is 11.8 Å².